The molecular formula is C18H18F4N2O5. The Labute approximate surface area is 163 Å². The summed E-state index contributed by atoms with van der Waals surface area (Å²) >= 11 is 0. The number of hydrogen-bond donors (Lipinski definition) is 2. The predicted octanol–water partition coefficient (Wildman–Crippen LogP) is 4.23. The Hall–Kier alpha value is -3.37. The van der Waals surface area contributed by atoms with E-state index in [4.69, 9.17) is 9.47 Å². The minimum Gasteiger partial charge on any atom is -0.493 e. The van der Waals surface area contributed by atoms with Crippen LogP contribution in [-0.2, 0) is 6.54 Å². The summed E-state index contributed by atoms with van der Waals surface area (Å²) in [6.07, 6.45) is 0. The normalized spacial score (nSPS) is 10.6. The van der Waals surface area contributed by atoms with Gasteiger partial charge in [-0.05, 0) is 29.8 Å². The number of anilines is 1. The summed E-state index contributed by atoms with van der Waals surface area (Å²) in [5.41, 5.74) is 0.642. The Balaban J connectivity index is 2.01. The summed E-state index contributed by atoms with van der Waals surface area (Å²) in [6, 6.07) is 7.57. The van der Waals surface area contributed by atoms with Gasteiger partial charge >= 0.3 is 19.3 Å². The lowest BCUT2D eigenvalue weighted by molar-refractivity contribution is -0.0518. The van der Waals surface area contributed by atoms with E-state index in [0.29, 0.717) is 5.56 Å². The first-order valence-electron chi connectivity index (χ1n) is 8.11. The number of alkyl halides is 4. The zero-order valence-corrected chi connectivity index (χ0v) is 15.4. The standard InChI is InChI=1S/C18H18F4N2O5/c1-26-12-5-3-10(7-14(12)28-16(19)20)9-23-18(25)24-11-4-6-13(27-2)15(8-11)29-17(21)22/h3-8,16-17H,9H2,1-2H3,(H2,23,24,25). The molecule has 0 aliphatic heterocycles. The van der Waals surface area contributed by atoms with E-state index < -0.39 is 19.3 Å². The number of rotatable bonds is 9. The third-order valence-electron chi connectivity index (χ3n) is 3.53. The average Bonchev–Trinajstić information content (AvgIpc) is 2.66. The van der Waals surface area contributed by atoms with Gasteiger partial charge in [0, 0.05) is 18.3 Å². The molecule has 0 saturated heterocycles. The molecule has 2 aromatic carbocycles. The van der Waals surface area contributed by atoms with Crippen molar-refractivity contribution in [3.8, 4) is 23.0 Å². The molecule has 11 heteroatoms. The van der Waals surface area contributed by atoms with E-state index in [1.165, 1.54) is 44.6 Å². The Bertz CT molecular complexity index is 836. The van der Waals surface area contributed by atoms with Crippen molar-refractivity contribution in [3.05, 3.63) is 42.0 Å². The largest absolute Gasteiger partial charge is 0.493 e. The van der Waals surface area contributed by atoms with Crippen molar-refractivity contribution >= 4 is 11.7 Å². The number of methoxy groups -OCH3 is 2. The number of carbonyl (C=O) groups excluding carboxylic acids is 1. The third kappa shape index (κ3) is 6.63. The maximum Gasteiger partial charge on any atom is 0.387 e. The molecule has 0 aromatic heterocycles. The highest BCUT2D eigenvalue weighted by atomic mass is 19.3. The molecule has 2 aromatic rings. The van der Waals surface area contributed by atoms with Crippen LogP contribution in [0.25, 0.3) is 0 Å². The highest BCUT2D eigenvalue weighted by Gasteiger charge is 2.14. The number of ether oxygens (including phenoxy) is 4. The molecule has 0 spiro atoms. The summed E-state index contributed by atoms with van der Waals surface area (Å²) in [4.78, 5) is 12.0. The Kier molecular flexibility index (Phi) is 7.75. The number of hydrogen-bond acceptors (Lipinski definition) is 5. The van der Waals surface area contributed by atoms with Crippen molar-refractivity contribution in [1.29, 1.82) is 0 Å². The van der Waals surface area contributed by atoms with E-state index in [1.54, 1.807) is 6.07 Å². The van der Waals surface area contributed by atoms with Crippen LogP contribution in [0.2, 0.25) is 0 Å². The van der Waals surface area contributed by atoms with Gasteiger partial charge in [0.05, 0.1) is 14.2 Å². The van der Waals surface area contributed by atoms with Crippen LogP contribution in [0.4, 0.5) is 28.0 Å². The van der Waals surface area contributed by atoms with Crippen LogP contribution >= 0.6 is 0 Å². The number of benzene rings is 2. The van der Waals surface area contributed by atoms with E-state index >= 15 is 0 Å². The van der Waals surface area contributed by atoms with E-state index in [1.807, 2.05) is 0 Å². The van der Waals surface area contributed by atoms with Gasteiger partial charge in [-0.2, -0.15) is 17.6 Å². The molecule has 2 N–H and O–H groups in total. The van der Waals surface area contributed by atoms with E-state index in [0.717, 1.165) is 0 Å². The molecule has 0 aliphatic carbocycles. The predicted molar refractivity (Wildman–Crippen MR) is 95.1 cm³/mol. The second-order valence-corrected chi connectivity index (χ2v) is 5.42. The van der Waals surface area contributed by atoms with Crippen LogP contribution in [0.3, 0.4) is 0 Å². The number of nitrogens with one attached hydrogen (secondary N) is 2. The molecular weight excluding hydrogens is 400 g/mol. The van der Waals surface area contributed by atoms with Crippen LogP contribution in [-0.4, -0.2) is 33.5 Å². The van der Waals surface area contributed by atoms with E-state index in [2.05, 4.69) is 20.1 Å². The van der Waals surface area contributed by atoms with Crippen molar-refractivity contribution in [3.63, 3.8) is 0 Å². The van der Waals surface area contributed by atoms with Gasteiger partial charge in [0.2, 0.25) is 0 Å². The molecule has 0 heterocycles. The Morgan fingerprint density at radius 2 is 1.41 bits per heavy atom. The van der Waals surface area contributed by atoms with Crippen molar-refractivity contribution in [1.82, 2.24) is 5.32 Å². The first-order chi connectivity index (χ1) is 13.8. The summed E-state index contributed by atoms with van der Waals surface area (Å²) in [5, 5.41) is 4.94. The SMILES string of the molecule is COc1ccc(CNC(=O)Nc2ccc(OC)c(OC(F)F)c2)cc1OC(F)F. The van der Waals surface area contributed by atoms with Gasteiger partial charge in [-0.15, -0.1) is 0 Å². The van der Waals surface area contributed by atoms with E-state index in [-0.39, 0.29) is 35.2 Å². The monoisotopic (exact) mass is 418 g/mol. The van der Waals surface area contributed by atoms with Crippen LogP contribution in [0.5, 0.6) is 23.0 Å². The van der Waals surface area contributed by atoms with E-state index in [9.17, 15) is 22.4 Å². The topological polar surface area (TPSA) is 78.1 Å². The number of amides is 2. The minimum absolute atomic E-state index is 0.0219. The van der Waals surface area contributed by atoms with Crippen LogP contribution in [0.1, 0.15) is 5.56 Å². The van der Waals surface area contributed by atoms with Gasteiger partial charge in [0.15, 0.2) is 23.0 Å². The highest BCUT2D eigenvalue weighted by molar-refractivity contribution is 5.89. The van der Waals surface area contributed by atoms with Crippen molar-refractivity contribution in [2.24, 2.45) is 0 Å². The zero-order valence-electron chi connectivity index (χ0n) is 15.4. The highest BCUT2D eigenvalue weighted by Crippen LogP contribution is 2.32. The summed E-state index contributed by atoms with van der Waals surface area (Å²) in [5.74, 6) is -0.236. The second kappa shape index (κ2) is 10.2. The van der Waals surface area contributed by atoms with Gasteiger partial charge in [-0.3, -0.25) is 0 Å². The van der Waals surface area contributed by atoms with Gasteiger partial charge in [0.25, 0.3) is 0 Å². The third-order valence-corrected chi connectivity index (χ3v) is 3.53. The number of halogens is 4. The second-order valence-electron chi connectivity index (χ2n) is 5.42. The molecule has 2 rings (SSSR count). The number of carbonyl (C=O) groups is 1. The molecule has 0 saturated carbocycles. The smallest absolute Gasteiger partial charge is 0.387 e. The summed E-state index contributed by atoms with van der Waals surface area (Å²) in [7, 11) is 2.59. The fraction of sp³-hybridized carbons (Fsp3) is 0.278. The molecule has 0 bridgehead atoms. The molecule has 2 amide bonds. The van der Waals surface area contributed by atoms with Crippen LogP contribution < -0.4 is 29.6 Å². The Morgan fingerprint density at radius 3 is 1.97 bits per heavy atom. The van der Waals surface area contributed by atoms with Crippen molar-refractivity contribution in [2.45, 2.75) is 19.8 Å². The lowest BCUT2D eigenvalue weighted by Crippen LogP contribution is -2.28. The lowest BCUT2D eigenvalue weighted by atomic mass is 10.2. The fourth-order valence-corrected chi connectivity index (χ4v) is 2.32. The quantitative estimate of drug-likeness (QED) is 0.596. The molecule has 29 heavy (non-hydrogen) atoms. The minimum atomic E-state index is -3.06. The zero-order chi connectivity index (χ0) is 21.4. The average molecular weight is 418 g/mol. The summed E-state index contributed by atoms with van der Waals surface area (Å²) in [6.45, 7) is -6.12. The molecule has 0 atom stereocenters. The van der Waals surface area contributed by atoms with Gasteiger partial charge in [-0.1, -0.05) is 6.07 Å². The van der Waals surface area contributed by atoms with Gasteiger partial charge in [0.1, 0.15) is 0 Å². The molecule has 0 radical (unpaired) electrons. The van der Waals surface area contributed by atoms with Crippen molar-refractivity contribution < 1.29 is 41.3 Å². The first kappa shape index (κ1) is 21.9. The van der Waals surface area contributed by atoms with Crippen LogP contribution in [0, 0.1) is 0 Å². The van der Waals surface area contributed by atoms with Gasteiger partial charge < -0.3 is 29.6 Å². The fourth-order valence-electron chi connectivity index (χ4n) is 2.32. The number of urea groups is 1. The van der Waals surface area contributed by atoms with Crippen molar-refractivity contribution in [2.75, 3.05) is 19.5 Å². The summed E-state index contributed by atoms with van der Waals surface area (Å²) < 4.78 is 68.4. The molecule has 0 aliphatic rings. The molecule has 7 nitrogen and oxygen atoms in total. The maximum absolute atomic E-state index is 12.5. The Morgan fingerprint density at radius 1 is 0.862 bits per heavy atom. The lowest BCUT2D eigenvalue weighted by Gasteiger charge is -2.14. The molecule has 0 fully saturated rings. The van der Waals surface area contributed by atoms with Gasteiger partial charge in [-0.25, -0.2) is 4.79 Å². The maximum atomic E-state index is 12.5. The van der Waals surface area contributed by atoms with Crippen LogP contribution in [0.15, 0.2) is 36.4 Å². The first-order valence-corrected chi connectivity index (χ1v) is 8.11. The molecule has 0 unspecified atom stereocenters. The molecule has 158 valence electrons.